The number of carbonyl (C=O) groups is 1. The minimum Gasteiger partial charge on any atom is -0.346 e. The molecule has 1 saturated heterocycles. The van der Waals surface area contributed by atoms with Crippen LogP contribution in [0.4, 0.5) is 4.39 Å². The molecule has 0 saturated carbocycles. The van der Waals surface area contributed by atoms with Crippen molar-refractivity contribution in [3.8, 4) is 0 Å². The van der Waals surface area contributed by atoms with E-state index in [1.807, 2.05) is 0 Å². The highest BCUT2D eigenvalue weighted by atomic mass is 35.5. The molecule has 6 heteroatoms. The first kappa shape index (κ1) is 12.4. The molecule has 1 N–H and O–H groups in total. The summed E-state index contributed by atoms with van der Waals surface area (Å²) in [6, 6.07) is 1.79. The van der Waals surface area contributed by atoms with E-state index in [1.54, 1.807) is 17.2 Å². The number of pyridine rings is 1. The van der Waals surface area contributed by atoms with Gasteiger partial charge >= 0.3 is 0 Å². The standard InChI is InChI=1S/C13H13ClFN3O/c14-11-9-1-4-16-12(9)17-7-10(11)13(19)18-5-2-8(15)3-6-18/h1,4,7-8H,2-3,5-6H2,(H,16,17). The maximum absolute atomic E-state index is 13.1. The molecule has 1 aliphatic heterocycles. The first-order valence-electron chi connectivity index (χ1n) is 6.22. The largest absolute Gasteiger partial charge is 0.346 e. The van der Waals surface area contributed by atoms with Crippen LogP contribution in [0, 0.1) is 0 Å². The Hall–Kier alpha value is -1.62. The van der Waals surface area contributed by atoms with E-state index in [1.165, 1.54) is 6.20 Å². The number of alkyl halides is 1. The van der Waals surface area contributed by atoms with Gasteiger partial charge in [-0.1, -0.05) is 11.6 Å². The monoisotopic (exact) mass is 281 g/mol. The summed E-state index contributed by atoms with van der Waals surface area (Å²) in [6.07, 6.45) is 3.19. The van der Waals surface area contributed by atoms with Gasteiger partial charge < -0.3 is 9.88 Å². The highest BCUT2D eigenvalue weighted by molar-refractivity contribution is 6.38. The lowest BCUT2D eigenvalue weighted by atomic mass is 10.1. The summed E-state index contributed by atoms with van der Waals surface area (Å²) in [7, 11) is 0. The highest BCUT2D eigenvalue weighted by Crippen LogP contribution is 2.27. The summed E-state index contributed by atoms with van der Waals surface area (Å²) in [4.78, 5) is 21.1. The van der Waals surface area contributed by atoms with Gasteiger partial charge in [-0.15, -0.1) is 0 Å². The van der Waals surface area contributed by atoms with Crippen molar-refractivity contribution in [2.24, 2.45) is 0 Å². The molecule has 100 valence electrons. The van der Waals surface area contributed by atoms with E-state index in [4.69, 9.17) is 11.6 Å². The molecule has 0 atom stereocenters. The van der Waals surface area contributed by atoms with Crippen LogP contribution in [-0.4, -0.2) is 40.0 Å². The third-order valence-corrected chi connectivity index (χ3v) is 3.87. The zero-order valence-corrected chi connectivity index (χ0v) is 11.0. The van der Waals surface area contributed by atoms with Crippen molar-refractivity contribution in [3.05, 3.63) is 29.0 Å². The van der Waals surface area contributed by atoms with Gasteiger partial charge in [0.1, 0.15) is 11.8 Å². The zero-order valence-electron chi connectivity index (χ0n) is 10.2. The van der Waals surface area contributed by atoms with Gasteiger partial charge in [-0.25, -0.2) is 9.37 Å². The number of rotatable bonds is 1. The Morgan fingerprint density at radius 3 is 2.95 bits per heavy atom. The van der Waals surface area contributed by atoms with Crippen molar-refractivity contribution in [2.75, 3.05) is 13.1 Å². The number of amides is 1. The molecule has 3 rings (SSSR count). The van der Waals surface area contributed by atoms with Gasteiger partial charge in [0, 0.05) is 30.9 Å². The molecule has 3 heterocycles. The van der Waals surface area contributed by atoms with Crippen LogP contribution in [0.15, 0.2) is 18.5 Å². The van der Waals surface area contributed by atoms with Gasteiger partial charge in [0.2, 0.25) is 0 Å². The average Bonchev–Trinajstić information content (AvgIpc) is 2.88. The van der Waals surface area contributed by atoms with E-state index in [-0.39, 0.29) is 5.91 Å². The fourth-order valence-electron chi connectivity index (χ4n) is 2.35. The summed E-state index contributed by atoms with van der Waals surface area (Å²) in [5, 5.41) is 1.13. The number of hydrogen-bond acceptors (Lipinski definition) is 2. The van der Waals surface area contributed by atoms with Gasteiger partial charge in [-0.2, -0.15) is 0 Å². The second kappa shape index (κ2) is 4.81. The van der Waals surface area contributed by atoms with Gasteiger partial charge in [-0.3, -0.25) is 4.79 Å². The van der Waals surface area contributed by atoms with Crippen LogP contribution in [0.5, 0.6) is 0 Å². The molecule has 0 aliphatic carbocycles. The minimum atomic E-state index is -0.801. The number of aromatic nitrogens is 2. The number of fused-ring (bicyclic) bond motifs is 1. The Balaban J connectivity index is 1.91. The first-order chi connectivity index (χ1) is 9.16. The fourth-order valence-corrected chi connectivity index (χ4v) is 2.63. The molecular formula is C13H13ClFN3O. The van der Waals surface area contributed by atoms with Crippen molar-refractivity contribution in [1.29, 1.82) is 0 Å². The molecular weight excluding hydrogens is 269 g/mol. The van der Waals surface area contributed by atoms with E-state index in [0.29, 0.717) is 42.2 Å². The molecule has 19 heavy (non-hydrogen) atoms. The third-order valence-electron chi connectivity index (χ3n) is 3.46. The number of piperidine rings is 1. The van der Waals surface area contributed by atoms with Crippen molar-refractivity contribution in [2.45, 2.75) is 19.0 Å². The predicted molar refractivity (Wildman–Crippen MR) is 71.1 cm³/mol. The van der Waals surface area contributed by atoms with E-state index >= 15 is 0 Å². The lowest BCUT2D eigenvalue weighted by Crippen LogP contribution is -2.39. The summed E-state index contributed by atoms with van der Waals surface area (Å²) in [5.74, 6) is -0.174. The molecule has 0 radical (unpaired) electrons. The fraction of sp³-hybridized carbons (Fsp3) is 0.385. The Morgan fingerprint density at radius 2 is 2.21 bits per heavy atom. The molecule has 0 aromatic carbocycles. The third kappa shape index (κ3) is 2.18. The van der Waals surface area contributed by atoms with Crippen LogP contribution in [0.25, 0.3) is 11.0 Å². The van der Waals surface area contributed by atoms with Crippen LogP contribution in [0.3, 0.4) is 0 Å². The normalized spacial score (nSPS) is 17.1. The van der Waals surface area contributed by atoms with Crippen LogP contribution in [0.2, 0.25) is 5.02 Å². The van der Waals surface area contributed by atoms with Crippen molar-refractivity contribution in [3.63, 3.8) is 0 Å². The summed E-state index contributed by atoms with van der Waals surface area (Å²) in [5.41, 5.74) is 1.04. The first-order valence-corrected chi connectivity index (χ1v) is 6.59. The van der Waals surface area contributed by atoms with Gasteiger partial charge in [0.25, 0.3) is 5.91 Å². The van der Waals surface area contributed by atoms with Gasteiger partial charge in [-0.05, 0) is 18.9 Å². The SMILES string of the molecule is O=C(c1cnc2[nH]ccc2c1Cl)N1CCC(F)CC1. The molecule has 1 amide bonds. The minimum absolute atomic E-state index is 0.174. The maximum atomic E-state index is 13.1. The van der Waals surface area contributed by atoms with Crippen LogP contribution < -0.4 is 0 Å². The second-order valence-corrected chi connectivity index (χ2v) is 5.07. The number of carbonyl (C=O) groups excluding carboxylic acids is 1. The van der Waals surface area contributed by atoms with Crippen molar-refractivity contribution in [1.82, 2.24) is 14.9 Å². The predicted octanol–water partition coefficient (Wildman–Crippen LogP) is 2.79. The van der Waals surface area contributed by atoms with E-state index < -0.39 is 6.17 Å². The van der Waals surface area contributed by atoms with E-state index in [2.05, 4.69) is 9.97 Å². The van der Waals surface area contributed by atoms with E-state index in [0.717, 1.165) is 5.39 Å². The summed E-state index contributed by atoms with van der Waals surface area (Å²) >= 11 is 6.24. The lowest BCUT2D eigenvalue weighted by Gasteiger charge is -2.28. The number of nitrogens with zero attached hydrogens (tertiary/aromatic N) is 2. The molecule has 4 nitrogen and oxygen atoms in total. The zero-order chi connectivity index (χ0) is 13.4. The number of nitrogens with one attached hydrogen (secondary N) is 1. The Bertz CT molecular complexity index is 619. The lowest BCUT2D eigenvalue weighted by molar-refractivity contribution is 0.0667. The maximum Gasteiger partial charge on any atom is 0.256 e. The molecule has 0 bridgehead atoms. The Labute approximate surface area is 114 Å². The number of hydrogen-bond donors (Lipinski definition) is 1. The van der Waals surface area contributed by atoms with Crippen LogP contribution in [0.1, 0.15) is 23.2 Å². The topological polar surface area (TPSA) is 49.0 Å². The summed E-state index contributed by atoms with van der Waals surface area (Å²) in [6.45, 7) is 0.864. The quantitative estimate of drug-likeness (QED) is 0.874. The molecule has 0 spiro atoms. The van der Waals surface area contributed by atoms with Gasteiger partial charge in [0.05, 0.1) is 10.6 Å². The molecule has 2 aromatic heterocycles. The molecule has 1 fully saturated rings. The Morgan fingerprint density at radius 1 is 1.47 bits per heavy atom. The summed E-state index contributed by atoms with van der Waals surface area (Å²) < 4.78 is 13.1. The van der Waals surface area contributed by atoms with Crippen molar-refractivity contribution >= 4 is 28.5 Å². The molecule has 2 aromatic rings. The molecule has 0 unspecified atom stereocenters. The smallest absolute Gasteiger partial charge is 0.256 e. The van der Waals surface area contributed by atoms with Crippen molar-refractivity contribution < 1.29 is 9.18 Å². The number of H-pyrrole nitrogens is 1. The van der Waals surface area contributed by atoms with Crippen LogP contribution >= 0.6 is 11.6 Å². The number of aromatic amines is 1. The average molecular weight is 282 g/mol. The number of halogens is 2. The number of likely N-dealkylation sites (tertiary alicyclic amines) is 1. The molecule has 1 aliphatic rings. The van der Waals surface area contributed by atoms with Gasteiger partial charge in [0.15, 0.2) is 0 Å². The Kier molecular flexibility index (Phi) is 3.14. The second-order valence-electron chi connectivity index (χ2n) is 4.69. The van der Waals surface area contributed by atoms with Crippen LogP contribution in [-0.2, 0) is 0 Å². The van der Waals surface area contributed by atoms with E-state index in [9.17, 15) is 9.18 Å². The highest BCUT2D eigenvalue weighted by Gasteiger charge is 2.25.